The molecule has 1 fully saturated rings. The van der Waals surface area contributed by atoms with E-state index in [1.165, 1.54) is 47.5 Å². The third kappa shape index (κ3) is 3.43. The predicted molar refractivity (Wildman–Crippen MR) is 78.8 cm³/mol. The van der Waals surface area contributed by atoms with Gasteiger partial charge in [0.05, 0.1) is 0 Å². The van der Waals surface area contributed by atoms with E-state index in [0.29, 0.717) is 6.54 Å². The van der Waals surface area contributed by atoms with Crippen molar-refractivity contribution in [1.82, 2.24) is 0 Å². The number of hydrogen-bond donors (Lipinski definition) is 1. The summed E-state index contributed by atoms with van der Waals surface area (Å²) in [6.07, 6.45) is 9.10. The highest BCUT2D eigenvalue weighted by Gasteiger charge is 2.16. The molecule has 94 valence electrons. The van der Waals surface area contributed by atoms with Gasteiger partial charge in [0.25, 0.3) is 0 Å². The first kappa shape index (κ1) is 13.3. The quantitative estimate of drug-likeness (QED) is 0.824. The van der Waals surface area contributed by atoms with E-state index in [1.54, 1.807) is 11.8 Å². The van der Waals surface area contributed by atoms with Crippen LogP contribution in [0.1, 0.15) is 37.7 Å². The Balaban J connectivity index is 2.13. The van der Waals surface area contributed by atoms with Crippen molar-refractivity contribution in [2.24, 2.45) is 5.73 Å². The first-order valence-electron chi connectivity index (χ1n) is 6.37. The molecule has 0 heterocycles. The molecule has 0 saturated heterocycles. The lowest BCUT2D eigenvalue weighted by Gasteiger charge is -2.22. The average Bonchev–Trinajstić information content (AvgIpc) is 2.39. The van der Waals surface area contributed by atoms with Crippen LogP contribution < -0.4 is 5.73 Å². The normalized spacial score (nSPS) is 17.3. The molecular weight excluding hydrogens is 246 g/mol. The molecule has 1 nitrogen and oxygen atoms in total. The average molecular weight is 267 g/mol. The van der Waals surface area contributed by atoms with Crippen LogP contribution in [0.3, 0.4) is 0 Å². The number of thioether (sulfide) groups is 2. The first-order chi connectivity index (χ1) is 8.35. The summed E-state index contributed by atoms with van der Waals surface area (Å²) in [7, 11) is 0. The van der Waals surface area contributed by atoms with Crippen LogP contribution in [-0.2, 0) is 6.54 Å². The Labute approximate surface area is 113 Å². The molecule has 1 aromatic carbocycles. The zero-order valence-electron chi connectivity index (χ0n) is 10.4. The van der Waals surface area contributed by atoms with Crippen molar-refractivity contribution in [1.29, 1.82) is 0 Å². The van der Waals surface area contributed by atoms with Crippen molar-refractivity contribution in [3.05, 3.63) is 23.8 Å². The molecule has 0 bridgehead atoms. The van der Waals surface area contributed by atoms with E-state index in [4.69, 9.17) is 5.73 Å². The van der Waals surface area contributed by atoms with Crippen LogP contribution >= 0.6 is 23.5 Å². The third-order valence-corrected chi connectivity index (χ3v) is 5.62. The highest BCUT2D eigenvalue weighted by atomic mass is 32.2. The van der Waals surface area contributed by atoms with E-state index < -0.39 is 0 Å². The van der Waals surface area contributed by atoms with Crippen molar-refractivity contribution >= 4 is 23.5 Å². The molecule has 3 heteroatoms. The van der Waals surface area contributed by atoms with Crippen LogP contribution in [0.5, 0.6) is 0 Å². The Kier molecular flexibility index (Phi) is 5.26. The summed E-state index contributed by atoms with van der Waals surface area (Å²) in [5.41, 5.74) is 7.25. The molecule has 0 atom stereocenters. The Morgan fingerprint density at radius 2 is 1.88 bits per heavy atom. The number of hydrogen-bond acceptors (Lipinski definition) is 3. The molecule has 0 amide bonds. The molecule has 0 radical (unpaired) electrons. The zero-order valence-corrected chi connectivity index (χ0v) is 12.1. The molecule has 17 heavy (non-hydrogen) atoms. The van der Waals surface area contributed by atoms with Gasteiger partial charge in [-0.3, -0.25) is 0 Å². The largest absolute Gasteiger partial charge is 0.326 e. The molecule has 0 aromatic heterocycles. The van der Waals surface area contributed by atoms with Gasteiger partial charge in [0, 0.05) is 21.6 Å². The van der Waals surface area contributed by atoms with Crippen molar-refractivity contribution in [2.75, 3.05) is 6.26 Å². The van der Waals surface area contributed by atoms with Gasteiger partial charge < -0.3 is 5.73 Å². The Morgan fingerprint density at radius 1 is 1.18 bits per heavy atom. The van der Waals surface area contributed by atoms with Crippen LogP contribution in [0.15, 0.2) is 28.0 Å². The molecule has 1 aliphatic rings. The second-order valence-corrected chi connectivity index (χ2v) is 6.71. The molecule has 0 aliphatic heterocycles. The lowest BCUT2D eigenvalue weighted by atomic mass is 10.0. The molecule has 1 aromatic rings. The fourth-order valence-corrected chi connectivity index (χ4v) is 4.55. The van der Waals surface area contributed by atoms with Gasteiger partial charge in [-0.1, -0.05) is 25.3 Å². The van der Waals surface area contributed by atoms with Gasteiger partial charge >= 0.3 is 0 Å². The van der Waals surface area contributed by atoms with Gasteiger partial charge in [0.15, 0.2) is 0 Å². The van der Waals surface area contributed by atoms with Crippen molar-refractivity contribution in [3.63, 3.8) is 0 Å². The summed E-state index contributed by atoms with van der Waals surface area (Å²) >= 11 is 3.85. The summed E-state index contributed by atoms with van der Waals surface area (Å²) < 4.78 is 0. The fourth-order valence-electron chi connectivity index (χ4n) is 2.41. The highest BCUT2D eigenvalue weighted by Crippen LogP contribution is 2.37. The van der Waals surface area contributed by atoms with Gasteiger partial charge in [0.2, 0.25) is 0 Å². The highest BCUT2D eigenvalue weighted by molar-refractivity contribution is 8.00. The number of rotatable bonds is 4. The minimum absolute atomic E-state index is 0.659. The topological polar surface area (TPSA) is 26.0 Å². The summed E-state index contributed by atoms with van der Waals surface area (Å²) in [6.45, 7) is 0.659. The monoisotopic (exact) mass is 267 g/mol. The number of nitrogens with two attached hydrogens (primary N) is 1. The molecular formula is C14H21NS2. The summed E-state index contributed by atoms with van der Waals surface area (Å²) in [6, 6.07) is 6.58. The van der Waals surface area contributed by atoms with Crippen LogP contribution in [0, 0.1) is 0 Å². The Bertz CT molecular complexity index is 359. The van der Waals surface area contributed by atoms with Gasteiger partial charge in [-0.15, -0.1) is 23.5 Å². The minimum Gasteiger partial charge on any atom is -0.326 e. The summed E-state index contributed by atoms with van der Waals surface area (Å²) in [5, 5.41) is 0.811. The van der Waals surface area contributed by atoms with E-state index in [-0.39, 0.29) is 0 Å². The van der Waals surface area contributed by atoms with Gasteiger partial charge in [0.1, 0.15) is 0 Å². The third-order valence-electron chi connectivity index (χ3n) is 3.36. The second-order valence-electron chi connectivity index (χ2n) is 4.52. The minimum atomic E-state index is 0.659. The first-order valence-corrected chi connectivity index (χ1v) is 8.48. The van der Waals surface area contributed by atoms with Gasteiger partial charge in [-0.2, -0.15) is 0 Å². The standard InChI is InChI=1S/C14H21NS2/c1-16-13-8-5-9-14(12(13)10-15)17-11-6-3-2-4-7-11/h5,8-9,11H,2-4,6-7,10,15H2,1H3. The molecule has 1 aliphatic carbocycles. The molecule has 1 saturated carbocycles. The van der Waals surface area contributed by atoms with E-state index in [2.05, 4.69) is 36.2 Å². The van der Waals surface area contributed by atoms with Crippen LogP contribution in [0.25, 0.3) is 0 Å². The molecule has 2 N–H and O–H groups in total. The summed E-state index contributed by atoms with van der Waals surface area (Å²) in [4.78, 5) is 2.75. The van der Waals surface area contributed by atoms with Crippen molar-refractivity contribution in [2.45, 2.75) is 53.7 Å². The van der Waals surface area contributed by atoms with Crippen LogP contribution in [-0.4, -0.2) is 11.5 Å². The van der Waals surface area contributed by atoms with E-state index in [9.17, 15) is 0 Å². The number of benzene rings is 1. The summed E-state index contributed by atoms with van der Waals surface area (Å²) in [5.74, 6) is 0. The maximum atomic E-state index is 5.91. The zero-order chi connectivity index (χ0) is 12.1. The smallest absolute Gasteiger partial charge is 0.0200 e. The van der Waals surface area contributed by atoms with Gasteiger partial charge in [-0.05, 0) is 36.8 Å². The van der Waals surface area contributed by atoms with E-state index in [1.807, 2.05) is 0 Å². The van der Waals surface area contributed by atoms with Gasteiger partial charge in [-0.25, -0.2) is 0 Å². The lowest BCUT2D eigenvalue weighted by Crippen LogP contribution is -2.09. The van der Waals surface area contributed by atoms with E-state index in [0.717, 1.165) is 5.25 Å². The Morgan fingerprint density at radius 3 is 2.53 bits per heavy atom. The van der Waals surface area contributed by atoms with Crippen molar-refractivity contribution < 1.29 is 0 Å². The van der Waals surface area contributed by atoms with Crippen LogP contribution in [0.2, 0.25) is 0 Å². The second kappa shape index (κ2) is 6.72. The molecule has 2 rings (SSSR count). The van der Waals surface area contributed by atoms with Crippen LogP contribution in [0.4, 0.5) is 0 Å². The maximum absolute atomic E-state index is 5.91. The van der Waals surface area contributed by atoms with E-state index >= 15 is 0 Å². The molecule has 0 unspecified atom stereocenters. The lowest BCUT2D eigenvalue weighted by molar-refractivity contribution is 0.516. The van der Waals surface area contributed by atoms with Crippen molar-refractivity contribution in [3.8, 4) is 0 Å². The Hall–Kier alpha value is -0.120. The molecule has 0 spiro atoms. The maximum Gasteiger partial charge on any atom is 0.0200 e. The fraction of sp³-hybridized carbons (Fsp3) is 0.571. The SMILES string of the molecule is CSc1cccc(SC2CCCCC2)c1CN. The predicted octanol–water partition coefficient (Wildman–Crippen LogP) is 4.29.